The zero-order valence-electron chi connectivity index (χ0n) is 6.83. The molecule has 4 rings (SSSR count). The van der Waals surface area contributed by atoms with Crippen molar-refractivity contribution in [2.45, 2.75) is 12.0 Å². The molecule has 60 valence electrons. The topological polar surface area (TPSA) is 12.0 Å². The molecule has 1 heteroatoms. The van der Waals surface area contributed by atoms with E-state index in [0.717, 1.165) is 6.54 Å². The normalized spacial score (nSPS) is 30.3. The number of hydrogen-bond donors (Lipinski definition) is 1. The quantitative estimate of drug-likeness (QED) is 0.568. The predicted octanol–water partition coefficient (Wildman–Crippen LogP) is 1.98. The Morgan fingerprint density at radius 1 is 1.08 bits per heavy atom. The van der Waals surface area contributed by atoms with Gasteiger partial charge in [-0.05, 0) is 11.1 Å². The van der Waals surface area contributed by atoms with Gasteiger partial charge in [-0.1, -0.05) is 36.4 Å². The molecule has 0 saturated heterocycles. The van der Waals surface area contributed by atoms with Gasteiger partial charge in [0.25, 0.3) is 0 Å². The van der Waals surface area contributed by atoms with Gasteiger partial charge in [-0.15, -0.1) is 0 Å². The van der Waals surface area contributed by atoms with Crippen LogP contribution in [-0.2, 0) is 0 Å². The van der Waals surface area contributed by atoms with Gasteiger partial charge in [-0.3, -0.25) is 0 Å². The molecule has 3 aliphatic rings. The van der Waals surface area contributed by atoms with Crippen molar-refractivity contribution in [2.75, 3.05) is 6.54 Å². The van der Waals surface area contributed by atoms with E-state index in [1.165, 1.54) is 11.1 Å². The van der Waals surface area contributed by atoms with Gasteiger partial charge >= 0.3 is 0 Å². The molecule has 2 heterocycles. The van der Waals surface area contributed by atoms with Gasteiger partial charge in [-0.2, -0.15) is 0 Å². The van der Waals surface area contributed by atoms with Crippen molar-refractivity contribution in [3.8, 4) is 0 Å². The van der Waals surface area contributed by atoms with Gasteiger partial charge in [0.05, 0.1) is 6.04 Å². The minimum absolute atomic E-state index is 0.478. The highest BCUT2D eigenvalue weighted by Gasteiger charge is 2.27. The molecule has 1 nitrogen and oxygen atoms in total. The van der Waals surface area contributed by atoms with Gasteiger partial charge in [0.1, 0.15) is 0 Å². The van der Waals surface area contributed by atoms with Gasteiger partial charge in [0.15, 0.2) is 0 Å². The molecule has 2 aliphatic heterocycles. The molecule has 0 amide bonds. The average Bonchev–Trinajstić information content (AvgIpc) is 2.20. The van der Waals surface area contributed by atoms with Crippen LogP contribution in [0, 0.1) is 0 Å². The Morgan fingerprint density at radius 3 is 2.58 bits per heavy atom. The Balaban J connectivity index is 2.24. The molecule has 2 atom stereocenters. The Hall–Kier alpha value is -1.08. The summed E-state index contributed by atoms with van der Waals surface area (Å²) < 4.78 is 0. The fourth-order valence-corrected chi connectivity index (χ4v) is 2.19. The standard InChI is InChI=1S/C11H11N/c1-2-4-10-9(3-1)8-5-6-11(10)12-7-8/h1-6,8,11-12H,7H2/t8-,11-/m1/s1. The molecule has 0 radical (unpaired) electrons. The molecule has 1 aromatic rings. The minimum Gasteiger partial charge on any atom is -0.306 e. The first-order valence-corrected chi connectivity index (χ1v) is 4.46. The average molecular weight is 157 g/mol. The molecule has 0 spiro atoms. The fraction of sp³-hybridized carbons (Fsp3) is 0.273. The Kier molecular flexibility index (Phi) is 1.18. The van der Waals surface area contributed by atoms with E-state index in [9.17, 15) is 0 Å². The largest absolute Gasteiger partial charge is 0.306 e. The molecule has 2 bridgehead atoms. The van der Waals surface area contributed by atoms with Crippen LogP contribution in [0.1, 0.15) is 23.1 Å². The Morgan fingerprint density at radius 2 is 1.92 bits per heavy atom. The summed E-state index contributed by atoms with van der Waals surface area (Å²) in [6.07, 6.45) is 4.60. The fourth-order valence-electron chi connectivity index (χ4n) is 2.19. The van der Waals surface area contributed by atoms with Gasteiger partial charge in [-0.25, -0.2) is 0 Å². The van der Waals surface area contributed by atoms with E-state index in [1.54, 1.807) is 0 Å². The summed E-state index contributed by atoms with van der Waals surface area (Å²) in [5, 5.41) is 3.49. The predicted molar refractivity (Wildman–Crippen MR) is 49.1 cm³/mol. The van der Waals surface area contributed by atoms with Crippen LogP contribution in [0.4, 0.5) is 0 Å². The van der Waals surface area contributed by atoms with Crippen LogP contribution in [0.15, 0.2) is 36.4 Å². The highest BCUT2D eigenvalue weighted by Crippen LogP contribution is 2.36. The highest BCUT2D eigenvalue weighted by molar-refractivity contribution is 5.43. The van der Waals surface area contributed by atoms with Crippen LogP contribution < -0.4 is 5.32 Å². The van der Waals surface area contributed by atoms with E-state index >= 15 is 0 Å². The van der Waals surface area contributed by atoms with Crippen LogP contribution in [0.5, 0.6) is 0 Å². The van der Waals surface area contributed by atoms with Crippen molar-refractivity contribution in [1.82, 2.24) is 5.32 Å². The van der Waals surface area contributed by atoms with Crippen LogP contribution in [0.3, 0.4) is 0 Å². The lowest BCUT2D eigenvalue weighted by Gasteiger charge is -2.34. The van der Waals surface area contributed by atoms with Crippen LogP contribution in [0.2, 0.25) is 0 Å². The van der Waals surface area contributed by atoms with Crippen LogP contribution in [0.25, 0.3) is 0 Å². The molecule has 0 saturated carbocycles. The first kappa shape index (κ1) is 6.44. The maximum absolute atomic E-state index is 3.49. The Labute approximate surface area is 72.1 Å². The van der Waals surface area contributed by atoms with Gasteiger partial charge in [0.2, 0.25) is 0 Å². The summed E-state index contributed by atoms with van der Waals surface area (Å²) in [6.45, 7) is 1.11. The van der Waals surface area contributed by atoms with E-state index < -0.39 is 0 Å². The van der Waals surface area contributed by atoms with Gasteiger partial charge in [0, 0.05) is 12.5 Å². The third-order valence-corrected chi connectivity index (χ3v) is 2.82. The number of benzene rings is 1. The zero-order valence-corrected chi connectivity index (χ0v) is 6.83. The summed E-state index contributed by atoms with van der Waals surface area (Å²) in [5.41, 5.74) is 2.99. The molecular weight excluding hydrogens is 146 g/mol. The Bertz CT molecular complexity index is 308. The molecular formula is C11H11N. The number of fused-ring (bicyclic) bond motifs is 1. The summed E-state index contributed by atoms with van der Waals surface area (Å²) in [6, 6.07) is 9.20. The van der Waals surface area contributed by atoms with Crippen molar-refractivity contribution in [1.29, 1.82) is 0 Å². The van der Waals surface area contributed by atoms with E-state index in [1.807, 2.05) is 0 Å². The van der Waals surface area contributed by atoms with Crippen molar-refractivity contribution < 1.29 is 0 Å². The second-order valence-electron chi connectivity index (χ2n) is 3.51. The maximum atomic E-state index is 3.49. The van der Waals surface area contributed by atoms with Gasteiger partial charge < -0.3 is 5.32 Å². The van der Waals surface area contributed by atoms with Crippen LogP contribution in [-0.4, -0.2) is 6.54 Å². The summed E-state index contributed by atoms with van der Waals surface area (Å²) in [5.74, 6) is 0.617. The van der Waals surface area contributed by atoms with E-state index in [2.05, 4.69) is 41.7 Å². The summed E-state index contributed by atoms with van der Waals surface area (Å²) in [4.78, 5) is 0. The van der Waals surface area contributed by atoms with Crippen molar-refractivity contribution >= 4 is 0 Å². The smallest absolute Gasteiger partial charge is 0.0509 e. The zero-order chi connectivity index (χ0) is 7.97. The SMILES string of the molecule is C1=C[C@H]2NC[C@@H]1c1ccccc12. The van der Waals surface area contributed by atoms with Crippen molar-refractivity contribution in [2.24, 2.45) is 0 Å². The molecule has 1 aliphatic carbocycles. The summed E-state index contributed by atoms with van der Waals surface area (Å²) in [7, 11) is 0. The number of hydrogen-bond acceptors (Lipinski definition) is 1. The van der Waals surface area contributed by atoms with Crippen molar-refractivity contribution in [3.05, 3.63) is 47.5 Å². The van der Waals surface area contributed by atoms with Crippen LogP contribution >= 0.6 is 0 Å². The molecule has 1 aromatic carbocycles. The third-order valence-electron chi connectivity index (χ3n) is 2.82. The number of nitrogens with one attached hydrogen (secondary N) is 1. The second kappa shape index (κ2) is 2.20. The number of rotatable bonds is 0. The molecule has 0 fully saturated rings. The molecule has 0 aromatic heterocycles. The highest BCUT2D eigenvalue weighted by atomic mass is 14.9. The second-order valence-corrected chi connectivity index (χ2v) is 3.51. The maximum Gasteiger partial charge on any atom is 0.0509 e. The van der Waals surface area contributed by atoms with E-state index in [-0.39, 0.29) is 0 Å². The molecule has 12 heavy (non-hydrogen) atoms. The van der Waals surface area contributed by atoms with E-state index in [4.69, 9.17) is 0 Å². The summed E-state index contributed by atoms with van der Waals surface area (Å²) >= 11 is 0. The lowest BCUT2D eigenvalue weighted by molar-refractivity contribution is 0.520. The molecule has 0 unspecified atom stereocenters. The van der Waals surface area contributed by atoms with E-state index in [0.29, 0.717) is 12.0 Å². The minimum atomic E-state index is 0.478. The first-order chi connectivity index (χ1) is 5.95. The first-order valence-electron chi connectivity index (χ1n) is 4.46. The lowest BCUT2D eigenvalue weighted by atomic mass is 9.81. The molecule has 1 N–H and O–H groups in total. The monoisotopic (exact) mass is 157 g/mol. The van der Waals surface area contributed by atoms with Crippen molar-refractivity contribution in [3.63, 3.8) is 0 Å². The lowest BCUT2D eigenvalue weighted by Crippen LogP contribution is -2.34. The third kappa shape index (κ3) is 0.718.